The average Bonchev–Trinajstić information content (AvgIpc) is 2.49. The molecule has 1 amide bonds. The van der Waals surface area contributed by atoms with Crippen molar-refractivity contribution >= 4 is 11.7 Å². The number of carbonyl (C=O) groups is 2. The van der Waals surface area contributed by atoms with Crippen LogP contribution < -0.4 is 5.73 Å². The molecule has 4 nitrogen and oxygen atoms in total. The van der Waals surface area contributed by atoms with Gasteiger partial charge in [0.1, 0.15) is 0 Å². The maximum Gasteiger partial charge on any atom is 0.240 e. The summed E-state index contributed by atoms with van der Waals surface area (Å²) in [5.41, 5.74) is 5.68. The zero-order chi connectivity index (χ0) is 10.0. The second-order valence-corrected chi connectivity index (χ2v) is 3.82. The summed E-state index contributed by atoms with van der Waals surface area (Å²) in [6.07, 6.45) is 0.483. The van der Waals surface area contributed by atoms with Gasteiger partial charge in [0, 0.05) is 13.0 Å². The minimum Gasteiger partial charge on any atom is -0.334 e. The summed E-state index contributed by atoms with van der Waals surface area (Å²) < 4.78 is 0. The van der Waals surface area contributed by atoms with Gasteiger partial charge in [-0.1, -0.05) is 13.8 Å². The molecule has 1 heterocycles. The molecule has 0 aromatic carbocycles. The van der Waals surface area contributed by atoms with Crippen molar-refractivity contribution in [2.24, 2.45) is 11.7 Å². The number of hydrogen-bond donors (Lipinski definition) is 1. The Hall–Kier alpha value is -0.900. The zero-order valence-corrected chi connectivity index (χ0v) is 8.12. The van der Waals surface area contributed by atoms with E-state index in [1.54, 1.807) is 4.90 Å². The topological polar surface area (TPSA) is 63.4 Å². The fourth-order valence-corrected chi connectivity index (χ4v) is 1.31. The van der Waals surface area contributed by atoms with Crippen LogP contribution in [0.25, 0.3) is 0 Å². The highest BCUT2D eigenvalue weighted by Gasteiger charge is 2.28. The Morgan fingerprint density at radius 1 is 1.54 bits per heavy atom. The molecule has 1 unspecified atom stereocenters. The normalized spacial score (nSPS) is 19.7. The number of rotatable bonds is 2. The van der Waals surface area contributed by atoms with Gasteiger partial charge in [0.05, 0.1) is 12.6 Å². The number of amides is 1. The molecule has 0 aromatic rings. The second-order valence-electron chi connectivity index (χ2n) is 3.82. The van der Waals surface area contributed by atoms with Crippen molar-refractivity contribution in [3.05, 3.63) is 0 Å². The van der Waals surface area contributed by atoms with Crippen LogP contribution in [0.4, 0.5) is 0 Å². The molecule has 1 rings (SSSR count). The predicted molar refractivity (Wildman–Crippen MR) is 49.0 cm³/mol. The molecule has 1 aliphatic rings. The largest absolute Gasteiger partial charge is 0.334 e. The van der Waals surface area contributed by atoms with Crippen molar-refractivity contribution in [2.75, 3.05) is 13.1 Å². The fraction of sp³-hybridized carbons (Fsp3) is 0.778. The van der Waals surface area contributed by atoms with Crippen LogP contribution in [0.2, 0.25) is 0 Å². The van der Waals surface area contributed by atoms with Crippen LogP contribution in [-0.4, -0.2) is 35.7 Å². The summed E-state index contributed by atoms with van der Waals surface area (Å²) in [4.78, 5) is 24.0. The Balaban J connectivity index is 2.53. The third-order valence-corrected chi connectivity index (χ3v) is 2.34. The van der Waals surface area contributed by atoms with Crippen molar-refractivity contribution < 1.29 is 9.59 Å². The summed E-state index contributed by atoms with van der Waals surface area (Å²) in [5, 5.41) is 0. The highest BCUT2D eigenvalue weighted by atomic mass is 16.2. The molecule has 2 N–H and O–H groups in total. The van der Waals surface area contributed by atoms with Gasteiger partial charge in [-0.15, -0.1) is 0 Å². The Morgan fingerprint density at radius 2 is 2.15 bits per heavy atom. The fourth-order valence-electron chi connectivity index (χ4n) is 1.31. The number of nitrogens with two attached hydrogens (primary N) is 1. The van der Waals surface area contributed by atoms with E-state index < -0.39 is 6.04 Å². The zero-order valence-electron chi connectivity index (χ0n) is 8.12. The van der Waals surface area contributed by atoms with E-state index in [1.807, 2.05) is 13.8 Å². The molecule has 4 heteroatoms. The smallest absolute Gasteiger partial charge is 0.240 e. The molecular formula is C9H16N2O2. The number of nitrogens with zero attached hydrogens (tertiary/aromatic N) is 1. The Kier molecular flexibility index (Phi) is 3.03. The number of Topliss-reactive ketones (excluding diaryl/α,β-unsaturated/α-hetero) is 1. The van der Waals surface area contributed by atoms with Crippen molar-refractivity contribution in [1.82, 2.24) is 4.90 Å². The summed E-state index contributed by atoms with van der Waals surface area (Å²) in [7, 11) is 0. The Bertz CT molecular complexity index is 226. The summed E-state index contributed by atoms with van der Waals surface area (Å²) in [6.45, 7) is 4.60. The summed E-state index contributed by atoms with van der Waals surface area (Å²) in [6, 6.07) is -0.467. The molecule has 0 bridgehead atoms. The molecular weight excluding hydrogens is 168 g/mol. The molecule has 0 aromatic heterocycles. The molecule has 1 aliphatic heterocycles. The highest BCUT2D eigenvalue weighted by Crippen LogP contribution is 2.09. The average molecular weight is 184 g/mol. The molecule has 13 heavy (non-hydrogen) atoms. The first kappa shape index (κ1) is 10.2. The second kappa shape index (κ2) is 3.87. The van der Waals surface area contributed by atoms with Gasteiger partial charge in [0.2, 0.25) is 5.91 Å². The standard InChI is InChI=1S/C9H16N2O2/c1-6(2)8(10)9(13)11-4-3-7(12)5-11/h6,8H,3-5,10H2,1-2H3. The lowest BCUT2D eigenvalue weighted by atomic mass is 10.0. The molecule has 74 valence electrons. The van der Waals surface area contributed by atoms with E-state index in [2.05, 4.69) is 0 Å². The molecule has 1 saturated heterocycles. The van der Waals surface area contributed by atoms with Gasteiger partial charge in [0.25, 0.3) is 0 Å². The quantitative estimate of drug-likeness (QED) is 0.645. The lowest BCUT2D eigenvalue weighted by Gasteiger charge is -2.21. The van der Waals surface area contributed by atoms with Crippen LogP contribution >= 0.6 is 0 Å². The molecule has 0 radical (unpaired) electrons. The Labute approximate surface area is 78.1 Å². The SMILES string of the molecule is CC(C)C(N)C(=O)N1CCC(=O)C1. The van der Waals surface area contributed by atoms with Gasteiger partial charge < -0.3 is 10.6 Å². The van der Waals surface area contributed by atoms with E-state index in [4.69, 9.17) is 5.73 Å². The van der Waals surface area contributed by atoms with Gasteiger partial charge in [-0.05, 0) is 5.92 Å². The summed E-state index contributed by atoms with van der Waals surface area (Å²) in [5.74, 6) is 0.161. The number of carbonyl (C=O) groups excluding carboxylic acids is 2. The molecule has 0 spiro atoms. The number of hydrogen-bond acceptors (Lipinski definition) is 3. The van der Waals surface area contributed by atoms with Gasteiger partial charge in [-0.25, -0.2) is 0 Å². The maximum atomic E-state index is 11.6. The number of ketones is 1. The highest BCUT2D eigenvalue weighted by molar-refractivity contribution is 5.91. The van der Waals surface area contributed by atoms with Gasteiger partial charge in [0.15, 0.2) is 5.78 Å². The van der Waals surface area contributed by atoms with Crippen LogP contribution in [0, 0.1) is 5.92 Å². The molecule has 0 aliphatic carbocycles. The van der Waals surface area contributed by atoms with Crippen LogP contribution in [0.15, 0.2) is 0 Å². The van der Waals surface area contributed by atoms with Crippen molar-refractivity contribution in [3.8, 4) is 0 Å². The van der Waals surface area contributed by atoms with E-state index in [0.29, 0.717) is 13.0 Å². The lowest BCUT2D eigenvalue weighted by Crippen LogP contribution is -2.45. The maximum absolute atomic E-state index is 11.6. The Morgan fingerprint density at radius 3 is 2.54 bits per heavy atom. The van der Waals surface area contributed by atoms with Gasteiger partial charge in [-0.3, -0.25) is 9.59 Å². The van der Waals surface area contributed by atoms with E-state index >= 15 is 0 Å². The predicted octanol–water partition coefficient (Wildman–Crippen LogP) is -0.229. The van der Waals surface area contributed by atoms with E-state index in [0.717, 1.165) is 0 Å². The van der Waals surface area contributed by atoms with E-state index in [9.17, 15) is 9.59 Å². The monoisotopic (exact) mass is 184 g/mol. The number of likely N-dealkylation sites (tertiary alicyclic amines) is 1. The first-order chi connectivity index (χ1) is 6.02. The van der Waals surface area contributed by atoms with Crippen LogP contribution in [-0.2, 0) is 9.59 Å². The third kappa shape index (κ3) is 2.28. The summed E-state index contributed by atoms with van der Waals surface area (Å²) >= 11 is 0. The molecule has 0 saturated carbocycles. The van der Waals surface area contributed by atoms with Crippen LogP contribution in [0.1, 0.15) is 20.3 Å². The van der Waals surface area contributed by atoms with Gasteiger partial charge in [-0.2, -0.15) is 0 Å². The van der Waals surface area contributed by atoms with Crippen molar-refractivity contribution in [3.63, 3.8) is 0 Å². The molecule has 1 atom stereocenters. The molecule has 1 fully saturated rings. The third-order valence-electron chi connectivity index (χ3n) is 2.34. The van der Waals surface area contributed by atoms with Crippen LogP contribution in [0.5, 0.6) is 0 Å². The minimum absolute atomic E-state index is 0.0964. The first-order valence-electron chi connectivity index (χ1n) is 4.58. The van der Waals surface area contributed by atoms with E-state index in [1.165, 1.54) is 0 Å². The first-order valence-corrected chi connectivity index (χ1v) is 4.58. The van der Waals surface area contributed by atoms with Crippen LogP contribution in [0.3, 0.4) is 0 Å². The van der Waals surface area contributed by atoms with Gasteiger partial charge >= 0.3 is 0 Å². The van der Waals surface area contributed by atoms with E-state index in [-0.39, 0.29) is 24.2 Å². The lowest BCUT2D eigenvalue weighted by molar-refractivity contribution is -0.133. The van der Waals surface area contributed by atoms with Crippen molar-refractivity contribution in [2.45, 2.75) is 26.3 Å². The minimum atomic E-state index is -0.467. The van der Waals surface area contributed by atoms with Crippen molar-refractivity contribution in [1.29, 1.82) is 0 Å².